The van der Waals surface area contributed by atoms with Gasteiger partial charge in [-0.2, -0.15) is 0 Å². The van der Waals surface area contributed by atoms with Crippen LogP contribution >= 0.6 is 0 Å². The second-order valence-corrected chi connectivity index (χ2v) is 5.36. The zero-order valence-electron chi connectivity index (χ0n) is 13.4. The Morgan fingerprint density at radius 3 is 2.43 bits per heavy atom. The molecule has 0 fully saturated rings. The van der Waals surface area contributed by atoms with Crippen molar-refractivity contribution in [2.75, 3.05) is 14.2 Å². The van der Waals surface area contributed by atoms with E-state index in [4.69, 9.17) is 13.9 Å². The van der Waals surface area contributed by atoms with Gasteiger partial charge in [0.15, 0.2) is 0 Å². The maximum Gasteiger partial charge on any atom is 0.340 e. The first-order valence-electron chi connectivity index (χ1n) is 7.36. The molecule has 0 saturated carbocycles. The Hall–Kier alpha value is -2.75. The van der Waals surface area contributed by atoms with Crippen LogP contribution in [0, 0.1) is 6.92 Å². The van der Waals surface area contributed by atoms with Crippen molar-refractivity contribution in [1.29, 1.82) is 0 Å². The average Bonchev–Trinajstić information content (AvgIpc) is 2.58. The fourth-order valence-electron chi connectivity index (χ4n) is 2.76. The molecule has 3 aromatic rings. The third-order valence-electron chi connectivity index (χ3n) is 4.00. The van der Waals surface area contributed by atoms with Gasteiger partial charge in [-0.15, -0.1) is 0 Å². The molecular formula is C19H18O4. The molecule has 0 N–H and O–H groups in total. The van der Waals surface area contributed by atoms with E-state index >= 15 is 0 Å². The van der Waals surface area contributed by atoms with Crippen molar-refractivity contribution in [3.63, 3.8) is 0 Å². The SMILES string of the molecule is COc1cc(OC)c2c(C)c(Cc3ccccc3)c(=O)oc2c1. The van der Waals surface area contributed by atoms with Crippen molar-refractivity contribution in [1.82, 2.24) is 0 Å². The van der Waals surface area contributed by atoms with Gasteiger partial charge in [-0.25, -0.2) is 4.79 Å². The van der Waals surface area contributed by atoms with Crippen LogP contribution in [0.5, 0.6) is 11.5 Å². The number of rotatable bonds is 4. The first-order chi connectivity index (χ1) is 11.1. The molecule has 4 nitrogen and oxygen atoms in total. The van der Waals surface area contributed by atoms with Crippen LogP contribution in [0.1, 0.15) is 16.7 Å². The maximum absolute atomic E-state index is 12.4. The number of methoxy groups -OCH3 is 2. The molecule has 0 radical (unpaired) electrons. The van der Waals surface area contributed by atoms with Gasteiger partial charge in [0.2, 0.25) is 0 Å². The molecular weight excluding hydrogens is 292 g/mol. The van der Waals surface area contributed by atoms with E-state index in [1.54, 1.807) is 26.4 Å². The molecule has 0 spiro atoms. The summed E-state index contributed by atoms with van der Waals surface area (Å²) < 4.78 is 16.2. The van der Waals surface area contributed by atoms with Gasteiger partial charge in [-0.3, -0.25) is 0 Å². The van der Waals surface area contributed by atoms with Crippen LogP contribution < -0.4 is 15.1 Å². The van der Waals surface area contributed by atoms with Crippen LogP contribution in [-0.4, -0.2) is 14.2 Å². The van der Waals surface area contributed by atoms with Gasteiger partial charge < -0.3 is 13.9 Å². The first-order valence-corrected chi connectivity index (χ1v) is 7.36. The lowest BCUT2D eigenvalue weighted by molar-refractivity contribution is 0.395. The van der Waals surface area contributed by atoms with Crippen LogP contribution in [0.2, 0.25) is 0 Å². The van der Waals surface area contributed by atoms with Crippen molar-refractivity contribution >= 4 is 11.0 Å². The maximum atomic E-state index is 12.4. The monoisotopic (exact) mass is 310 g/mol. The Labute approximate surface area is 134 Å². The van der Waals surface area contributed by atoms with Crippen LogP contribution in [0.4, 0.5) is 0 Å². The number of benzene rings is 2. The number of hydrogen-bond donors (Lipinski definition) is 0. The van der Waals surface area contributed by atoms with Gasteiger partial charge in [0, 0.05) is 24.1 Å². The van der Waals surface area contributed by atoms with Gasteiger partial charge >= 0.3 is 5.63 Å². The van der Waals surface area contributed by atoms with E-state index in [-0.39, 0.29) is 5.63 Å². The Kier molecular flexibility index (Phi) is 4.06. The molecule has 0 aliphatic rings. The van der Waals surface area contributed by atoms with E-state index in [0.717, 1.165) is 16.5 Å². The zero-order valence-corrected chi connectivity index (χ0v) is 13.4. The summed E-state index contributed by atoms with van der Waals surface area (Å²) >= 11 is 0. The summed E-state index contributed by atoms with van der Waals surface area (Å²) in [6.45, 7) is 1.92. The summed E-state index contributed by atoms with van der Waals surface area (Å²) in [6.07, 6.45) is 0.528. The second kappa shape index (κ2) is 6.16. The molecule has 0 aliphatic heterocycles. The summed E-state index contributed by atoms with van der Waals surface area (Å²) in [4.78, 5) is 12.4. The quantitative estimate of drug-likeness (QED) is 0.689. The predicted molar refractivity (Wildman–Crippen MR) is 89.6 cm³/mol. The second-order valence-electron chi connectivity index (χ2n) is 5.36. The fourth-order valence-corrected chi connectivity index (χ4v) is 2.76. The molecule has 23 heavy (non-hydrogen) atoms. The lowest BCUT2D eigenvalue weighted by atomic mass is 9.99. The molecule has 0 saturated heterocycles. The van der Waals surface area contributed by atoms with E-state index in [1.807, 2.05) is 37.3 Å². The summed E-state index contributed by atoms with van der Waals surface area (Å²) in [5.41, 5.74) is 2.73. The molecule has 0 bridgehead atoms. The lowest BCUT2D eigenvalue weighted by Crippen LogP contribution is -2.11. The minimum atomic E-state index is -0.325. The standard InChI is InChI=1S/C19H18O4/c1-12-15(9-13-7-5-4-6-8-13)19(20)23-17-11-14(21-2)10-16(22-3)18(12)17/h4-8,10-11H,9H2,1-3H3. The van der Waals surface area contributed by atoms with Gasteiger partial charge in [0.1, 0.15) is 17.1 Å². The van der Waals surface area contributed by atoms with E-state index < -0.39 is 0 Å². The number of aryl methyl sites for hydroxylation is 1. The Balaban J connectivity index is 2.22. The fraction of sp³-hybridized carbons (Fsp3) is 0.211. The molecule has 2 aromatic carbocycles. The highest BCUT2D eigenvalue weighted by Crippen LogP contribution is 2.34. The molecule has 0 atom stereocenters. The summed E-state index contributed by atoms with van der Waals surface area (Å²) in [5.74, 6) is 1.22. The largest absolute Gasteiger partial charge is 0.496 e. The average molecular weight is 310 g/mol. The number of fused-ring (bicyclic) bond motifs is 1. The van der Waals surface area contributed by atoms with Gasteiger partial charge in [0.25, 0.3) is 0 Å². The summed E-state index contributed by atoms with van der Waals surface area (Å²) in [7, 11) is 3.16. The molecule has 1 aromatic heterocycles. The molecule has 0 aliphatic carbocycles. The normalized spacial score (nSPS) is 10.7. The molecule has 1 heterocycles. The predicted octanol–water partition coefficient (Wildman–Crippen LogP) is 3.71. The smallest absolute Gasteiger partial charge is 0.340 e. The topological polar surface area (TPSA) is 48.7 Å². The van der Waals surface area contributed by atoms with Crippen LogP contribution in [0.25, 0.3) is 11.0 Å². The third kappa shape index (κ3) is 2.80. The van der Waals surface area contributed by atoms with Crippen LogP contribution in [0.15, 0.2) is 51.7 Å². The molecule has 0 unspecified atom stereocenters. The minimum absolute atomic E-state index is 0.325. The molecule has 0 amide bonds. The van der Waals surface area contributed by atoms with Crippen molar-refractivity contribution < 1.29 is 13.9 Å². The van der Waals surface area contributed by atoms with Gasteiger partial charge in [-0.1, -0.05) is 30.3 Å². The number of hydrogen-bond acceptors (Lipinski definition) is 4. The minimum Gasteiger partial charge on any atom is -0.496 e. The third-order valence-corrected chi connectivity index (χ3v) is 4.00. The van der Waals surface area contributed by atoms with Crippen molar-refractivity contribution in [3.05, 3.63) is 69.6 Å². The highest BCUT2D eigenvalue weighted by Gasteiger charge is 2.16. The van der Waals surface area contributed by atoms with Crippen LogP contribution in [0.3, 0.4) is 0 Å². The molecule has 4 heteroatoms. The van der Waals surface area contributed by atoms with Crippen LogP contribution in [-0.2, 0) is 6.42 Å². The van der Waals surface area contributed by atoms with E-state index in [0.29, 0.717) is 29.1 Å². The summed E-state index contributed by atoms with van der Waals surface area (Å²) in [5, 5.41) is 0.804. The van der Waals surface area contributed by atoms with Gasteiger partial charge in [-0.05, 0) is 18.1 Å². The van der Waals surface area contributed by atoms with Gasteiger partial charge in [0.05, 0.1) is 19.6 Å². The van der Waals surface area contributed by atoms with Crippen molar-refractivity contribution in [3.8, 4) is 11.5 Å². The Bertz CT molecular complexity index is 895. The highest BCUT2D eigenvalue weighted by molar-refractivity contribution is 5.89. The molecule has 118 valence electrons. The zero-order chi connectivity index (χ0) is 16.4. The molecule has 3 rings (SSSR count). The Morgan fingerprint density at radius 2 is 1.78 bits per heavy atom. The Morgan fingerprint density at radius 1 is 1.04 bits per heavy atom. The lowest BCUT2D eigenvalue weighted by Gasteiger charge is -2.12. The van der Waals surface area contributed by atoms with Crippen molar-refractivity contribution in [2.45, 2.75) is 13.3 Å². The van der Waals surface area contributed by atoms with E-state index in [2.05, 4.69) is 0 Å². The first kappa shape index (κ1) is 15.2. The number of ether oxygens (including phenoxy) is 2. The van der Waals surface area contributed by atoms with E-state index in [1.165, 1.54) is 0 Å². The van der Waals surface area contributed by atoms with E-state index in [9.17, 15) is 4.79 Å². The highest BCUT2D eigenvalue weighted by atomic mass is 16.5. The van der Waals surface area contributed by atoms with Crippen molar-refractivity contribution in [2.24, 2.45) is 0 Å². The summed E-state index contributed by atoms with van der Waals surface area (Å²) in [6, 6.07) is 13.4.